The molecule has 2 aromatic rings. The number of benzene rings is 2. The molecule has 3 amide bonds. The predicted octanol–water partition coefficient (Wildman–Crippen LogP) is 3.56. The standard InChI is InChI=1S/C26H33BrN4O6/c1-5-35-23-14-19(15-29-31-26(34)25(33)28-11-6-12-36-17(2)3)7-10-22(23)37-16-24(32)30-21-9-8-20(27)13-18(21)4/h7-10,13-15,17H,5-6,11-12,16H2,1-4H3,(H,28,33)(H,30,32)(H,31,34)/b29-15-. The number of amides is 3. The molecule has 0 spiro atoms. The maximum absolute atomic E-state index is 12.4. The quantitative estimate of drug-likeness (QED) is 0.145. The Morgan fingerprint density at radius 3 is 2.54 bits per heavy atom. The van der Waals surface area contributed by atoms with Crippen molar-refractivity contribution in [3.05, 3.63) is 52.0 Å². The average molecular weight is 577 g/mol. The molecule has 0 heterocycles. The summed E-state index contributed by atoms with van der Waals surface area (Å²) in [5, 5.41) is 9.14. The van der Waals surface area contributed by atoms with Gasteiger partial charge < -0.3 is 24.8 Å². The van der Waals surface area contributed by atoms with Gasteiger partial charge in [-0.1, -0.05) is 15.9 Å². The van der Waals surface area contributed by atoms with E-state index < -0.39 is 11.8 Å². The number of halogens is 1. The minimum absolute atomic E-state index is 0.115. The van der Waals surface area contributed by atoms with E-state index in [1.165, 1.54) is 6.21 Å². The van der Waals surface area contributed by atoms with Crippen molar-refractivity contribution >= 4 is 45.6 Å². The summed E-state index contributed by atoms with van der Waals surface area (Å²) in [6.45, 7) is 8.55. The first-order valence-corrected chi connectivity index (χ1v) is 12.7. The van der Waals surface area contributed by atoms with Gasteiger partial charge in [-0.05, 0) is 81.6 Å². The molecule has 3 N–H and O–H groups in total. The zero-order valence-corrected chi connectivity index (χ0v) is 23.0. The van der Waals surface area contributed by atoms with Crippen molar-refractivity contribution < 1.29 is 28.6 Å². The highest BCUT2D eigenvalue weighted by Crippen LogP contribution is 2.28. The smallest absolute Gasteiger partial charge is 0.329 e. The van der Waals surface area contributed by atoms with E-state index in [9.17, 15) is 14.4 Å². The lowest BCUT2D eigenvalue weighted by atomic mass is 10.2. The van der Waals surface area contributed by atoms with Crippen molar-refractivity contribution in [2.75, 3.05) is 31.7 Å². The van der Waals surface area contributed by atoms with Crippen LogP contribution in [0.5, 0.6) is 11.5 Å². The van der Waals surface area contributed by atoms with Crippen LogP contribution >= 0.6 is 15.9 Å². The van der Waals surface area contributed by atoms with Gasteiger partial charge in [0.05, 0.1) is 18.9 Å². The number of rotatable bonds is 13. The van der Waals surface area contributed by atoms with Crippen LogP contribution in [-0.4, -0.2) is 56.4 Å². The Bertz CT molecular complexity index is 1110. The number of hydrazone groups is 1. The van der Waals surface area contributed by atoms with Gasteiger partial charge in [-0.2, -0.15) is 5.10 Å². The zero-order valence-electron chi connectivity index (χ0n) is 21.4. The lowest BCUT2D eigenvalue weighted by Crippen LogP contribution is -2.38. The molecule has 10 nitrogen and oxygen atoms in total. The molecule has 0 unspecified atom stereocenters. The van der Waals surface area contributed by atoms with Crippen LogP contribution in [0.4, 0.5) is 5.69 Å². The van der Waals surface area contributed by atoms with Crippen LogP contribution < -0.4 is 25.5 Å². The van der Waals surface area contributed by atoms with Crippen LogP contribution in [0.3, 0.4) is 0 Å². The summed E-state index contributed by atoms with van der Waals surface area (Å²) < 4.78 is 17.6. The second-order valence-electron chi connectivity index (χ2n) is 8.16. The van der Waals surface area contributed by atoms with Gasteiger partial charge in [-0.15, -0.1) is 0 Å². The minimum atomic E-state index is -0.877. The highest BCUT2D eigenvalue weighted by Gasteiger charge is 2.13. The van der Waals surface area contributed by atoms with Gasteiger partial charge in [0.15, 0.2) is 18.1 Å². The predicted molar refractivity (Wildman–Crippen MR) is 145 cm³/mol. The molecule has 11 heteroatoms. The second-order valence-corrected chi connectivity index (χ2v) is 9.08. The molecule has 0 bridgehead atoms. The van der Waals surface area contributed by atoms with E-state index in [1.54, 1.807) is 18.2 Å². The van der Waals surface area contributed by atoms with Gasteiger partial charge in [-0.3, -0.25) is 14.4 Å². The molecule has 37 heavy (non-hydrogen) atoms. The van der Waals surface area contributed by atoms with E-state index in [0.29, 0.717) is 48.9 Å². The van der Waals surface area contributed by atoms with Crippen LogP contribution in [0, 0.1) is 6.92 Å². The van der Waals surface area contributed by atoms with Crippen LogP contribution in [0.25, 0.3) is 0 Å². The van der Waals surface area contributed by atoms with Crippen LogP contribution in [0.15, 0.2) is 46.0 Å². The van der Waals surface area contributed by atoms with Crippen LogP contribution in [0.2, 0.25) is 0 Å². The number of ether oxygens (including phenoxy) is 3. The molecule has 0 atom stereocenters. The highest BCUT2D eigenvalue weighted by atomic mass is 79.9. The number of nitrogens with one attached hydrogen (secondary N) is 3. The topological polar surface area (TPSA) is 127 Å². The fourth-order valence-corrected chi connectivity index (χ4v) is 3.45. The normalized spacial score (nSPS) is 10.9. The van der Waals surface area contributed by atoms with Gasteiger partial charge in [-0.25, -0.2) is 5.43 Å². The maximum Gasteiger partial charge on any atom is 0.329 e. The largest absolute Gasteiger partial charge is 0.490 e. The summed E-state index contributed by atoms with van der Waals surface area (Å²) in [6, 6.07) is 10.5. The zero-order chi connectivity index (χ0) is 27.2. The lowest BCUT2D eigenvalue weighted by molar-refractivity contribution is -0.139. The molecule has 0 radical (unpaired) electrons. The number of hydrogen-bond donors (Lipinski definition) is 3. The Morgan fingerprint density at radius 2 is 1.84 bits per heavy atom. The molecule has 200 valence electrons. The third-order valence-corrected chi connectivity index (χ3v) is 5.23. The molecular weight excluding hydrogens is 544 g/mol. The van der Waals surface area contributed by atoms with E-state index in [2.05, 4.69) is 37.1 Å². The maximum atomic E-state index is 12.4. The fraction of sp³-hybridized carbons (Fsp3) is 0.385. The monoisotopic (exact) mass is 576 g/mol. The lowest BCUT2D eigenvalue weighted by Gasteiger charge is -2.13. The molecular formula is C26H33BrN4O6. The highest BCUT2D eigenvalue weighted by molar-refractivity contribution is 9.10. The van der Waals surface area contributed by atoms with Crippen LogP contribution in [0.1, 0.15) is 38.3 Å². The SMILES string of the molecule is CCOc1cc(/C=N\NC(=O)C(=O)NCCCOC(C)C)ccc1OCC(=O)Nc1ccc(Br)cc1C. The Kier molecular flexibility index (Phi) is 12.6. The van der Waals surface area contributed by atoms with Gasteiger partial charge in [0.2, 0.25) is 0 Å². The molecule has 0 aromatic heterocycles. The Hall–Kier alpha value is -3.44. The molecule has 0 fully saturated rings. The minimum Gasteiger partial charge on any atom is -0.490 e. The van der Waals surface area contributed by atoms with Crippen molar-refractivity contribution in [1.82, 2.24) is 10.7 Å². The molecule has 0 aliphatic carbocycles. The third kappa shape index (κ3) is 11.0. The Labute approximate surface area is 225 Å². The van der Waals surface area contributed by atoms with E-state index in [1.807, 2.05) is 45.9 Å². The summed E-state index contributed by atoms with van der Waals surface area (Å²) >= 11 is 3.40. The van der Waals surface area contributed by atoms with Crippen molar-refractivity contribution in [1.29, 1.82) is 0 Å². The van der Waals surface area contributed by atoms with Crippen molar-refractivity contribution in [3.63, 3.8) is 0 Å². The summed E-state index contributed by atoms with van der Waals surface area (Å²) in [5.74, 6) is -1.18. The number of anilines is 1. The van der Waals surface area contributed by atoms with E-state index in [-0.39, 0.29) is 18.6 Å². The van der Waals surface area contributed by atoms with E-state index >= 15 is 0 Å². The number of carbonyl (C=O) groups is 3. The summed E-state index contributed by atoms with van der Waals surface area (Å²) in [5.41, 5.74) is 4.40. The first-order chi connectivity index (χ1) is 17.7. The number of aryl methyl sites for hydroxylation is 1. The number of hydrogen-bond acceptors (Lipinski definition) is 7. The van der Waals surface area contributed by atoms with Crippen molar-refractivity contribution in [2.45, 2.75) is 40.2 Å². The second kappa shape index (κ2) is 15.6. The molecule has 0 aliphatic heterocycles. The first kappa shape index (κ1) is 29.8. The van der Waals surface area contributed by atoms with Gasteiger partial charge in [0.1, 0.15) is 0 Å². The van der Waals surface area contributed by atoms with Crippen molar-refractivity contribution in [3.8, 4) is 11.5 Å². The van der Waals surface area contributed by atoms with E-state index in [4.69, 9.17) is 14.2 Å². The summed E-state index contributed by atoms with van der Waals surface area (Å²) in [7, 11) is 0. The molecule has 0 aliphatic rings. The summed E-state index contributed by atoms with van der Waals surface area (Å²) in [4.78, 5) is 36.1. The third-order valence-electron chi connectivity index (χ3n) is 4.73. The van der Waals surface area contributed by atoms with Gasteiger partial charge in [0, 0.05) is 23.3 Å². The first-order valence-electron chi connectivity index (χ1n) is 11.9. The average Bonchev–Trinajstić information content (AvgIpc) is 2.85. The molecule has 2 aromatic carbocycles. The Balaban J connectivity index is 1.87. The molecule has 2 rings (SSSR count). The fourth-order valence-electron chi connectivity index (χ4n) is 2.98. The van der Waals surface area contributed by atoms with Crippen molar-refractivity contribution in [2.24, 2.45) is 5.10 Å². The number of nitrogens with zero attached hydrogens (tertiary/aromatic N) is 1. The van der Waals surface area contributed by atoms with Crippen LogP contribution in [-0.2, 0) is 19.1 Å². The molecule has 0 saturated heterocycles. The van der Waals surface area contributed by atoms with E-state index in [0.717, 1.165) is 10.0 Å². The number of carbonyl (C=O) groups excluding carboxylic acids is 3. The van der Waals surface area contributed by atoms with Gasteiger partial charge >= 0.3 is 11.8 Å². The van der Waals surface area contributed by atoms with Gasteiger partial charge in [0.25, 0.3) is 5.91 Å². The summed E-state index contributed by atoms with van der Waals surface area (Å²) in [6.07, 6.45) is 2.08. The molecule has 0 saturated carbocycles. The Morgan fingerprint density at radius 1 is 1.05 bits per heavy atom.